The zero-order valence-corrected chi connectivity index (χ0v) is 14.6. The van der Waals surface area contributed by atoms with Crippen LogP contribution in [0, 0.1) is 6.92 Å². The summed E-state index contributed by atoms with van der Waals surface area (Å²) in [6, 6.07) is 12.5. The van der Waals surface area contributed by atoms with Crippen molar-refractivity contribution in [2.45, 2.75) is 13.3 Å². The molecule has 1 fully saturated rings. The number of pyridine rings is 1. The number of anilines is 3. The lowest BCUT2D eigenvalue weighted by atomic mass is 10.2. The van der Waals surface area contributed by atoms with Gasteiger partial charge in [0.15, 0.2) is 0 Å². The van der Waals surface area contributed by atoms with Crippen molar-refractivity contribution in [1.82, 2.24) is 4.98 Å². The molecule has 0 spiro atoms. The summed E-state index contributed by atoms with van der Waals surface area (Å²) in [5.74, 6) is 0.468. The third-order valence-electron chi connectivity index (χ3n) is 4.40. The van der Waals surface area contributed by atoms with Crippen molar-refractivity contribution < 1.29 is 4.79 Å². The summed E-state index contributed by atoms with van der Waals surface area (Å²) in [5, 5.41) is 2.75. The van der Waals surface area contributed by atoms with Gasteiger partial charge < -0.3 is 20.9 Å². The Morgan fingerprint density at radius 2 is 1.84 bits per heavy atom. The summed E-state index contributed by atoms with van der Waals surface area (Å²) in [6.07, 6.45) is 2.13. The first kappa shape index (κ1) is 17.2. The van der Waals surface area contributed by atoms with Crippen LogP contribution in [0.25, 0.3) is 0 Å². The lowest BCUT2D eigenvalue weighted by Gasteiger charge is -2.37. The number of hydrogen-bond acceptors (Lipinski definition) is 5. The quantitative estimate of drug-likeness (QED) is 0.871. The van der Waals surface area contributed by atoms with E-state index in [4.69, 9.17) is 5.73 Å². The SMILES string of the molecule is Cc1cccc(N2CCN(c3ccc(NC(=O)CCN)nc3)CC2)c1. The molecular weight excluding hydrogens is 314 g/mol. The third kappa shape index (κ3) is 4.48. The van der Waals surface area contributed by atoms with Crippen LogP contribution in [0.2, 0.25) is 0 Å². The summed E-state index contributed by atoms with van der Waals surface area (Å²) < 4.78 is 0. The van der Waals surface area contributed by atoms with Gasteiger partial charge >= 0.3 is 0 Å². The molecule has 3 rings (SSSR count). The van der Waals surface area contributed by atoms with Crippen molar-refractivity contribution >= 4 is 23.1 Å². The van der Waals surface area contributed by atoms with E-state index in [9.17, 15) is 4.79 Å². The van der Waals surface area contributed by atoms with Crippen molar-refractivity contribution in [2.75, 3.05) is 47.8 Å². The van der Waals surface area contributed by atoms with Gasteiger partial charge in [0.1, 0.15) is 5.82 Å². The van der Waals surface area contributed by atoms with E-state index in [1.807, 2.05) is 18.3 Å². The zero-order chi connectivity index (χ0) is 17.6. The first-order valence-electron chi connectivity index (χ1n) is 8.68. The molecule has 0 atom stereocenters. The first-order chi connectivity index (χ1) is 12.2. The highest BCUT2D eigenvalue weighted by atomic mass is 16.1. The Labute approximate surface area is 148 Å². The molecule has 6 nitrogen and oxygen atoms in total. The van der Waals surface area contributed by atoms with E-state index in [0.717, 1.165) is 31.9 Å². The average Bonchev–Trinajstić information content (AvgIpc) is 2.63. The molecule has 0 unspecified atom stereocenters. The third-order valence-corrected chi connectivity index (χ3v) is 4.40. The molecule has 6 heteroatoms. The van der Waals surface area contributed by atoms with Crippen LogP contribution in [0.4, 0.5) is 17.2 Å². The minimum Gasteiger partial charge on any atom is -0.368 e. The van der Waals surface area contributed by atoms with Gasteiger partial charge in [0.05, 0.1) is 11.9 Å². The molecule has 2 heterocycles. The summed E-state index contributed by atoms with van der Waals surface area (Å²) in [6.45, 7) is 6.34. The minimum absolute atomic E-state index is 0.102. The molecule has 1 aliphatic heterocycles. The number of amides is 1. The molecule has 0 saturated carbocycles. The maximum absolute atomic E-state index is 11.5. The largest absolute Gasteiger partial charge is 0.368 e. The van der Waals surface area contributed by atoms with Crippen molar-refractivity contribution in [3.63, 3.8) is 0 Å². The highest BCUT2D eigenvalue weighted by Crippen LogP contribution is 2.21. The fourth-order valence-corrected chi connectivity index (χ4v) is 3.03. The van der Waals surface area contributed by atoms with Gasteiger partial charge in [0.25, 0.3) is 0 Å². The zero-order valence-electron chi connectivity index (χ0n) is 14.6. The monoisotopic (exact) mass is 339 g/mol. The van der Waals surface area contributed by atoms with Crippen molar-refractivity contribution in [1.29, 1.82) is 0 Å². The fraction of sp³-hybridized carbons (Fsp3) is 0.368. The van der Waals surface area contributed by atoms with Crippen LogP contribution in [0.15, 0.2) is 42.6 Å². The van der Waals surface area contributed by atoms with Gasteiger partial charge in [-0.15, -0.1) is 0 Å². The number of hydrogen-bond donors (Lipinski definition) is 2. The highest BCUT2D eigenvalue weighted by molar-refractivity contribution is 5.89. The summed E-state index contributed by atoms with van der Waals surface area (Å²) in [7, 11) is 0. The van der Waals surface area contributed by atoms with E-state index in [1.54, 1.807) is 0 Å². The first-order valence-corrected chi connectivity index (χ1v) is 8.68. The molecule has 0 aliphatic carbocycles. The lowest BCUT2D eigenvalue weighted by Crippen LogP contribution is -2.46. The molecule has 132 valence electrons. The second-order valence-electron chi connectivity index (χ2n) is 6.30. The lowest BCUT2D eigenvalue weighted by molar-refractivity contribution is -0.116. The number of benzene rings is 1. The van der Waals surface area contributed by atoms with Gasteiger partial charge in [0.2, 0.25) is 5.91 Å². The molecular formula is C19H25N5O. The van der Waals surface area contributed by atoms with Gasteiger partial charge in [-0.2, -0.15) is 0 Å². The number of aromatic nitrogens is 1. The molecule has 1 saturated heterocycles. The van der Waals surface area contributed by atoms with Gasteiger partial charge in [-0.3, -0.25) is 4.79 Å². The number of carbonyl (C=O) groups is 1. The molecule has 25 heavy (non-hydrogen) atoms. The number of aryl methyl sites for hydroxylation is 1. The number of nitrogens with two attached hydrogens (primary N) is 1. The Morgan fingerprint density at radius 3 is 2.44 bits per heavy atom. The van der Waals surface area contributed by atoms with E-state index in [1.165, 1.54) is 11.3 Å². The van der Waals surface area contributed by atoms with E-state index in [2.05, 4.69) is 51.3 Å². The van der Waals surface area contributed by atoms with Gasteiger partial charge in [0, 0.05) is 44.8 Å². The van der Waals surface area contributed by atoms with E-state index in [-0.39, 0.29) is 5.91 Å². The van der Waals surface area contributed by atoms with E-state index < -0.39 is 0 Å². The van der Waals surface area contributed by atoms with Crippen LogP contribution in [-0.4, -0.2) is 43.6 Å². The van der Waals surface area contributed by atoms with Crippen LogP contribution < -0.4 is 20.9 Å². The van der Waals surface area contributed by atoms with Gasteiger partial charge in [-0.25, -0.2) is 4.98 Å². The number of nitrogens with zero attached hydrogens (tertiary/aromatic N) is 3. The van der Waals surface area contributed by atoms with Gasteiger partial charge in [-0.05, 0) is 36.8 Å². The normalized spacial score (nSPS) is 14.5. The standard InChI is InChI=1S/C19H25N5O/c1-15-3-2-4-16(13-15)23-9-11-24(12-10-23)17-5-6-18(21-14-17)22-19(25)7-8-20/h2-6,13-14H,7-12,20H2,1H3,(H,21,22,25). The molecule has 1 amide bonds. The number of piperazine rings is 1. The summed E-state index contributed by atoms with van der Waals surface area (Å²) in [4.78, 5) is 20.6. The Balaban J connectivity index is 1.56. The summed E-state index contributed by atoms with van der Waals surface area (Å²) in [5.41, 5.74) is 9.03. The van der Waals surface area contributed by atoms with Crippen LogP contribution in [0.1, 0.15) is 12.0 Å². The van der Waals surface area contributed by atoms with Crippen LogP contribution in [0.5, 0.6) is 0 Å². The molecule has 1 aliphatic rings. The predicted octanol–water partition coefficient (Wildman–Crippen LogP) is 2.00. The molecule has 0 bridgehead atoms. The Hall–Kier alpha value is -2.60. The number of nitrogens with one attached hydrogen (secondary N) is 1. The van der Waals surface area contributed by atoms with Crippen molar-refractivity contribution in [3.05, 3.63) is 48.2 Å². The molecule has 0 radical (unpaired) electrons. The molecule has 1 aromatic heterocycles. The smallest absolute Gasteiger partial charge is 0.226 e. The van der Waals surface area contributed by atoms with Crippen LogP contribution in [-0.2, 0) is 4.79 Å². The van der Waals surface area contributed by atoms with Crippen molar-refractivity contribution in [2.24, 2.45) is 5.73 Å². The second kappa shape index (κ2) is 7.98. The van der Waals surface area contributed by atoms with Crippen LogP contribution >= 0.6 is 0 Å². The molecule has 2 aromatic rings. The number of carbonyl (C=O) groups excluding carboxylic acids is 1. The highest BCUT2D eigenvalue weighted by Gasteiger charge is 2.18. The fourth-order valence-electron chi connectivity index (χ4n) is 3.03. The summed E-state index contributed by atoms with van der Waals surface area (Å²) >= 11 is 0. The van der Waals surface area contributed by atoms with E-state index >= 15 is 0 Å². The Bertz CT molecular complexity index is 708. The topological polar surface area (TPSA) is 74.5 Å². The Morgan fingerprint density at radius 1 is 1.12 bits per heavy atom. The average molecular weight is 339 g/mol. The molecule has 3 N–H and O–H groups in total. The van der Waals surface area contributed by atoms with E-state index in [0.29, 0.717) is 18.8 Å². The Kier molecular flexibility index (Phi) is 5.50. The molecule has 1 aromatic carbocycles. The van der Waals surface area contributed by atoms with Crippen molar-refractivity contribution in [3.8, 4) is 0 Å². The predicted molar refractivity (Wildman–Crippen MR) is 102 cm³/mol. The minimum atomic E-state index is -0.102. The number of rotatable bonds is 5. The maximum atomic E-state index is 11.5. The van der Waals surface area contributed by atoms with Crippen LogP contribution in [0.3, 0.4) is 0 Å². The van der Waals surface area contributed by atoms with Gasteiger partial charge in [-0.1, -0.05) is 12.1 Å². The second-order valence-corrected chi connectivity index (χ2v) is 6.30. The maximum Gasteiger partial charge on any atom is 0.226 e.